The van der Waals surface area contributed by atoms with Gasteiger partial charge in [0.05, 0.1) is 11.3 Å². The molecule has 8 nitrogen and oxygen atoms in total. The first-order chi connectivity index (χ1) is 14.9. The zero-order chi connectivity index (χ0) is 21.7. The molecule has 1 aliphatic rings. The number of anilines is 1. The number of benzene rings is 2. The van der Waals surface area contributed by atoms with Crippen molar-refractivity contribution < 1.29 is 9.59 Å². The SMILES string of the molecule is Cc1ccc2[nH]c(=O)c(-c3nccn3-c3cccc(N4C(=O)CN(C)C4=O)c3)cc2c1. The zero-order valence-corrected chi connectivity index (χ0v) is 17.0. The molecule has 0 unspecified atom stereocenters. The largest absolute Gasteiger partial charge is 0.331 e. The van der Waals surface area contributed by atoms with Crippen LogP contribution in [0.3, 0.4) is 0 Å². The molecule has 0 bridgehead atoms. The van der Waals surface area contributed by atoms with Crippen LogP contribution in [0.5, 0.6) is 0 Å². The summed E-state index contributed by atoms with van der Waals surface area (Å²) in [5, 5.41) is 0.911. The lowest BCUT2D eigenvalue weighted by Crippen LogP contribution is -2.31. The van der Waals surface area contributed by atoms with Crippen molar-refractivity contribution in [1.29, 1.82) is 0 Å². The maximum Gasteiger partial charge on any atom is 0.331 e. The second kappa shape index (κ2) is 6.94. The van der Waals surface area contributed by atoms with Gasteiger partial charge in [-0.05, 0) is 48.7 Å². The molecule has 1 fully saturated rings. The molecule has 8 heteroatoms. The van der Waals surface area contributed by atoms with Gasteiger partial charge in [-0.25, -0.2) is 14.7 Å². The third-order valence-corrected chi connectivity index (χ3v) is 5.39. The predicted molar refractivity (Wildman–Crippen MR) is 117 cm³/mol. The van der Waals surface area contributed by atoms with Gasteiger partial charge in [0.25, 0.3) is 11.5 Å². The number of likely N-dealkylation sites (N-methyl/N-ethyl adjacent to an activating group) is 1. The van der Waals surface area contributed by atoms with Crippen molar-refractivity contribution in [2.45, 2.75) is 6.92 Å². The minimum absolute atomic E-state index is 0.0469. The number of carbonyl (C=O) groups is 2. The number of hydrogen-bond donors (Lipinski definition) is 1. The number of aromatic amines is 1. The van der Waals surface area contributed by atoms with Crippen LogP contribution in [0.15, 0.2) is 65.7 Å². The van der Waals surface area contributed by atoms with E-state index in [0.717, 1.165) is 21.4 Å². The molecule has 0 atom stereocenters. The summed E-state index contributed by atoms with van der Waals surface area (Å²) in [6.45, 7) is 2.04. The Morgan fingerprint density at radius 1 is 1.00 bits per heavy atom. The Balaban J connectivity index is 1.62. The van der Waals surface area contributed by atoms with Crippen molar-refractivity contribution in [3.63, 3.8) is 0 Å². The fraction of sp³-hybridized carbons (Fsp3) is 0.130. The summed E-state index contributed by atoms with van der Waals surface area (Å²) < 4.78 is 1.77. The van der Waals surface area contributed by atoms with Crippen LogP contribution in [0.2, 0.25) is 0 Å². The Kier molecular flexibility index (Phi) is 4.21. The van der Waals surface area contributed by atoms with Gasteiger partial charge in [-0.15, -0.1) is 0 Å². The van der Waals surface area contributed by atoms with E-state index >= 15 is 0 Å². The van der Waals surface area contributed by atoms with Crippen LogP contribution in [0.25, 0.3) is 28.0 Å². The van der Waals surface area contributed by atoms with E-state index in [0.29, 0.717) is 22.8 Å². The van der Waals surface area contributed by atoms with Gasteiger partial charge in [-0.1, -0.05) is 17.7 Å². The molecule has 1 N–H and O–H groups in total. The minimum Gasteiger partial charge on any atom is -0.321 e. The van der Waals surface area contributed by atoms with E-state index in [4.69, 9.17) is 0 Å². The third kappa shape index (κ3) is 3.09. The number of imide groups is 1. The molecule has 1 aliphatic heterocycles. The number of H-pyrrole nitrogens is 1. The predicted octanol–water partition coefficient (Wildman–Crippen LogP) is 3.09. The number of amides is 3. The van der Waals surface area contributed by atoms with Gasteiger partial charge in [-0.2, -0.15) is 0 Å². The van der Waals surface area contributed by atoms with E-state index in [1.807, 2.05) is 37.3 Å². The Morgan fingerprint density at radius 2 is 1.81 bits per heavy atom. The van der Waals surface area contributed by atoms with E-state index in [1.54, 1.807) is 42.2 Å². The van der Waals surface area contributed by atoms with Crippen molar-refractivity contribution in [2.75, 3.05) is 18.5 Å². The number of hydrogen-bond acceptors (Lipinski definition) is 4. The van der Waals surface area contributed by atoms with Crippen molar-refractivity contribution >= 4 is 28.5 Å². The van der Waals surface area contributed by atoms with Gasteiger partial charge in [0.2, 0.25) is 0 Å². The Bertz CT molecular complexity index is 1420. The number of carbonyl (C=O) groups excluding carboxylic acids is 2. The maximum atomic E-state index is 12.8. The van der Waals surface area contributed by atoms with Crippen LogP contribution in [-0.4, -0.2) is 45.0 Å². The Hall–Kier alpha value is -4.20. The Labute approximate surface area is 177 Å². The lowest BCUT2D eigenvalue weighted by Gasteiger charge is -2.16. The highest BCUT2D eigenvalue weighted by atomic mass is 16.2. The molecule has 0 radical (unpaired) electrons. The minimum atomic E-state index is -0.366. The quantitative estimate of drug-likeness (QED) is 0.523. The van der Waals surface area contributed by atoms with Gasteiger partial charge < -0.3 is 9.88 Å². The monoisotopic (exact) mass is 413 g/mol. The summed E-state index contributed by atoms with van der Waals surface area (Å²) in [4.78, 5) is 47.3. The van der Waals surface area contributed by atoms with Gasteiger partial charge >= 0.3 is 6.03 Å². The van der Waals surface area contributed by atoms with Gasteiger partial charge in [0.15, 0.2) is 0 Å². The van der Waals surface area contributed by atoms with Crippen LogP contribution in [-0.2, 0) is 4.79 Å². The average molecular weight is 413 g/mol. The van der Waals surface area contributed by atoms with Crippen molar-refractivity contribution in [2.24, 2.45) is 0 Å². The molecule has 0 aliphatic carbocycles. The average Bonchev–Trinajstić information content (AvgIpc) is 3.32. The highest BCUT2D eigenvalue weighted by molar-refractivity contribution is 6.19. The van der Waals surface area contributed by atoms with E-state index in [-0.39, 0.29) is 24.0 Å². The number of urea groups is 1. The van der Waals surface area contributed by atoms with E-state index in [1.165, 1.54) is 4.90 Å². The smallest absolute Gasteiger partial charge is 0.321 e. The van der Waals surface area contributed by atoms with E-state index in [9.17, 15) is 14.4 Å². The molecule has 5 rings (SSSR count). The Morgan fingerprint density at radius 3 is 2.58 bits per heavy atom. The molecule has 0 saturated carbocycles. The molecule has 154 valence electrons. The fourth-order valence-electron chi connectivity index (χ4n) is 3.86. The summed E-state index contributed by atoms with van der Waals surface area (Å²) in [6.07, 6.45) is 3.36. The first-order valence-electron chi connectivity index (χ1n) is 9.78. The van der Waals surface area contributed by atoms with Crippen molar-refractivity contribution in [3.8, 4) is 17.1 Å². The molecular formula is C23H19N5O3. The highest BCUT2D eigenvalue weighted by Gasteiger charge is 2.34. The van der Waals surface area contributed by atoms with Crippen LogP contribution in [0.4, 0.5) is 10.5 Å². The normalized spacial score (nSPS) is 14.1. The molecule has 31 heavy (non-hydrogen) atoms. The molecule has 2 aromatic carbocycles. The zero-order valence-electron chi connectivity index (χ0n) is 17.0. The van der Waals surface area contributed by atoms with Gasteiger partial charge in [0, 0.05) is 30.6 Å². The van der Waals surface area contributed by atoms with Crippen LogP contribution >= 0.6 is 0 Å². The lowest BCUT2D eigenvalue weighted by atomic mass is 10.1. The molecule has 3 heterocycles. The highest BCUT2D eigenvalue weighted by Crippen LogP contribution is 2.26. The molecule has 2 aromatic heterocycles. The van der Waals surface area contributed by atoms with Crippen LogP contribution in [0, 0.1) is 6.92 Å². The molecule has 0 spiro atoms. The van der Waals surface area contributed by atoms with Crippen LogP contribution < -0.4 is 10.5 Å². The molecular weight excluding hydrogens is 394 g/mol. The summed E-state index contributed by atoms with van der Waals surface area (Å²) in [5.41, 5.74) is 3.19. The summed E-state index contributed by atoms with van der Waals surface area (Å²) in [7, 11) is 1.59. The first kappa shape index (κ1) is 18.8. The topological polar surface area (TPSA) is 91.3 Å². The number of pyridine rings is 1. The second-order valence-corrected chi connectivity index (χ2v) is 7.61. The lowest BCUT2D eigenvalue weighted by molar-refractivity contribution is -0.116. The molecule has 4 aromatic rings. The summed E-state index contributed by atoms with van der Waals surface area (Å²) in [6, 6.07) is 14.3. The molecule has 3 amide bonds. The standard InChI is InChI=1S/C23H19N5O3/c1-14-6-7-19-15(10-14)11-18(22(30)25-19)21-24-8-9-27(21)16-4-3-5-17(12-16)28-20(29)13-26(2)23(28)31/h3-12H,13H2,1-2H3,(H,25,30). The first-order valence-corrected chi connectivity index (χ1v) is 9.78. The fourth-order valence-corrected chi connectivity index (χ4v) is 3.86. The number of nitrogens with one attached hydrogen (secondary N) is 1. The van der Waals surface area contributed by atoms with Crippen molar-refractivity contribution in [3.05, 3.63) is 76.8 Å². The second-order valence-electron chi connectivity index (χ2n) is 7.61. The maximum absolute atomic E-state index is 12.8. The number of fused-ring (bicyclic) bond motifs is 1. The number of imidazole rings is 1. The van der Waals surface area contributed by atoms with Crippen LogP contribution in [0.1, 0.15) is 5.56 Å². The molecule has 1 saturated heterocycles. The number of aryl methyl sites for hydroxylation is 1. The van der Waals surface area contributed by atoms with Gasteiger partial charge in [-0.3, -0.25) is 14.2 Å². The van der Waals surface area contributed by atoms with Crippen molar-refractivity contribution in [1.82, 2.24) is 19.4 Å². The number of nitrogens with zero attached hydrogens (tertiary/aromatic N) is 4. The number of aromatic nitrogens is 3. The van der Waals surface area contributed by atoms with Gasteiger partial charge in [0.1, 0.15) is 12.4 Å². The third-order valence-electron chi connectivity index (χ3n) is 5.39. The number of rotatable bonds is 3. The van der Waals surface area contributed by atoms with E-state index in [2.05, 4.69) is 9.97 Å². The van der Waals surface area contributed by atoms with E-state index < -0.39 is 0 Å². The summed E-state index contributed by atoms with van der Waals surface area (Å²) >= 11 is 0. The summed E-state index contributed by atoms with van der Waals surface area (Å²) in [5.74, 6) is 0.190.